The van der Waals surface area contributed by atoms with Crippen molar-refractivity contribution in [1.82, 2.24) is 9.88 Å². The molecule has 2 aromatic rings. The standard InChI is InChI=1S/C16H16N2O3/c1-2-18(12-15-6-4-8-21-15)16(20)14-9-13(5-3-7-19)10-17-11-14/h4,6,8-11,19H,2,7,12H2,1H3. The molecule has 0 unspecified atom stereocenters. The average molecular weight is 284 g/mol. The third kappa shape index (κ3) is 3.94. The molecular formula is C16H16N2O3. The van der Waals surface area contributed by atoms with Crippen molar-refractivity contribution in [1.29, 1.82) is 0 Å². The van der Waals surface area contributed by atoms with E-state index in [1.54, 1.807) is 29.5 Å². The third-order valence-corrected chi connectivity index (χ3v) is 2.89. The van der Waals surface area contributed by atoms with Crippen LogP contribution < -0.4 is 0 Å². The minimum absolute atomic E-state index is 0.131. The summed E-state index contributed by atoms with van der Waals surface area (Å²) in [4.78, 5) is 18.2. The number of pyridine rings is 1. The Kier molecular flexibility index (Phi) is 5.13. The van der Waals surface area contributed by atoms with E-state index in [0.717, 1.165) is 5.76 Å². The number of aliphatic hydroxyl groups excluding tert-OH is 1. The molecule has 0 aliphatic carbocycles. The molecule has 0 atom stereocenters. The Labute approximate surface area is 123 Å². The molecule has 2 aromatic heterocycles. The summed E-state index contributed by atoms with van der Waals surface area (Å²) in [5.41, 5.74) is 1.07. The summed E-state index contributed by atoms with van der Waals surface area (Å²) in [6.45, 7) is 2.66. The quantitative estimate of drug-likeness (QED) is 0.867. The fourth-order valence-corrected chi connectivity index (χ4v) is 1.87. The highest BCUT2D eigenvalue weighted by Crippen LogP contribution is 2.11. The zero-order valence-corrected chi connectivity index (χ0v) is 11.7. The summed E-state index contributed by atoms with van der Waals surface area (Å²) in [7, 11) is 0. The lowest BCUT2D eigenvalue weighted by Crippen LogP contribution is -2.30. The first-order valence-electron chi connectivity index (χ1n) is 6.61. The number of amides is 1. The smallest absolute Gasteiger partial charge is 0.255 e. The molecule has 0 aromatic carbocycles. The topological polar surface area (TPSA) is 66.6 Å². The van der Waals surface area contributed by atoms with E-state index in [1.807, 2.05) is 13.0 Å². The Balaban J connectivity index is 2.17. The van der Waals surface area contributed by atoms with Crippen LogP contribution in [0.1, 0.15) is 28.6 Å². The lowest BCUT2D eigenvalue weighted by Gasteiger charge is -2.19. The third-order valence-electron chi connectivity index (χ3n) is 2.89. The van der Waals surface area contributed by atoms with Gasteiger partial charge in [-0.05, 0) is 25.1 Å². The second-order valence-corrected chi connectivity index (χ2v) is 4.32. The maximum atomic E-state index is 12.5. The Morgan fingerprint density at radius 1 is 1.48 bits per heavy atom. The van der Waals surface area contributed by atoms with Crippen molar-refractivity contribution >= 4 is 5.91 Å². The van der Waals surface area contributed by atoms with Gasteiger partial charge in [-0.1, -0.05) is 11.8 Å². The highest BCUT2D eigenvalue weighted by atomic mass is 16.3. The Hall–Kier alpha value is -2.58. The molecule has 2 heterocycles. The molecule has 21 heavy (non-hydrogen) atoms. The molecule has 2 rings (SSSR count). The molecule has 5 nitrogen and oxygen atoms in total. The molecule has 1 amide bonds. The minimum atomic E-state index is -0.224. The van der Waals surface area contributed by atoms with Crippen LogP contribution in [0.25, 0.3) is 0 Å². The van der Waals surface area contributed by atoms with E-state index in [2.05, 4.69) is 16.8 Å². The van der Waals surface area contributed by atoms with Gasteiger partial charge in [-0.25, -0.2) is 0 Å². The monoisotopic (exact) mass is 284 g/mol. The second kappa shape index (κ2) is 7.27. The molecule has 0 saturated heterocycles. The van der Waals surface area contributed by atoms with Gasteiger partial charge in [0.15, 0.2) is 0 Å². The van der Waals surface area contributed by atoms with Crippen molar-refractivity contribution in [2.75, 3.05) is 13.2 Å². The summed E-state index contributed by atoms with van der Waals surface area (Å²) in [5.74, 6) is 5.88. The normalized spacial score (nSPS) is 9.81. The zero-order chi connectivity index (χ0) is 15.1. The van der Waals surface area contributed by atoms with Crippen molar-refractivity contribution in [3.8, 4) is 11.8 Å². The molecule has 0 aliphatic heterocycles. The molecule has 0 aliphatic rings. The van der Waals surface area contributed by atoms with E-state index in [9.17, 15) is 4.79 Å². The predicted molar refractivity (Wildman–Crippen MR) is 77.3 cm³/mol. The van der Waals surface area contributed by atoms with E-state index in [4.69, 9.17) is 9.52 Å². The van der Waals surface area contributed by atoms with Crippen molar-refractivity contribution in [3.63, 3.8) is 0 Å². The van der Waals surface area contributed by atoms with Gasteiger partial charge in [-0.2, -0.15) is 0 Å². The summed E-state index contributed by atoms with van der Waals surface area (Å²) in [6, 6.07) is 5.29. The van der Waals surface area contributed by atoms with Crippen LogP contribution in [0.2, 0.25) is 0 Å². The number of furan rings is 1. The van der Waals surface area contributed by atoms with Crippen LogP contribution in [0.5, 0.6) is 0 Å². The van der Waals surface area contributed by atoms with Gasteiger partial charge < -0.3 is 14.4 Å². The first-order valence-corrected chi connectivity index (χ1v) is 6.61. The lowest BCUT2D eigenvalue weighted by molar-refractivity contribution is 0.0741. The van der Waals surface area contributed by atoms with Gasteiger partial charge in [0.1, 0.15) is 12.4 Å². The Bertz CT molecular complexity index is 654. The molecular weight excluding hydrogens is 268 g/mol. The molecule has 0 fully saturated rings. The van der Waals surface area contributed by atoms with Gasteiger partial charge in [0.2, 0.25) is 0 Å². The van der Waals surface area contributed by atoms with E-state index in [-0.39, 0.29) is 12.5 Å². The van der Waals surface area contributed by atoms with Crippen molar-refractivity contribution in [2.24, 2.45) is 0 Å². The lowest BCUT2D eigenvalue weighted by atomic mass is 10.2. The van der Waals surface area contributed by atoms with E-state index < -0.39 is 0 Å². The summed E-state index contributed by atoms with van der Waals surface area (Å²) in [5, 5.41) is 8.70. The largest absolute Gasteiger partial charge is 0.467 e. The first kappa shape index (κ1) is 14.8. The van der Waals surface area contributed by atoms with Gasteiger partial charge >= 0.3 is 0 Å². The molecule has 0 radical (unpaired) electrons. The van der Waals surface area contributed by atoms with Crippen molar-refractivity contribution in [2.45, 2.75) is 13.5 Å². The number of rotatable bonds is 4. The van der Waals surface area contributed by atoms with Gasteiger partial charge in [-0.3, -0.25) is 9.78 Å². The number of hydrogen-bond acceptors (Lipinski definition) is 4. The number of carbonyl (C=O) groups excluding carboxylic acids is 1. The van der Waals surface area contributed by atoms with Gasteiger partial charge in [0.25, 0.3) is 5.91 Å². The van der Waals surface area contributed by atoms with Crippen LogP contribution in [0.15, 0.2) is 41.3 Å². The van der Waals surface area contributed by atoms with Crippen LogP contribution in [0, 0.1) is 11.8 Å². The van der Waals surface area contributed by atoms with E-state index in [0.29, 0.717) is 24.2 Å². The van der Waals surface area contributed by atoms with Gasteiger partial charge in [0, 0.05) is 24.5 Å². The van der Waals surface area contributed by atoms with Crippen molar-refractivity contribution in [3.05, 3.63) is 53.7 Å². The first-order chi connectivity index (χ1) is 10.2. The van der Waals surface area contributed by atoms with Crippen molar-refractivity contribution < 1.29 is 14.3 Å². The number of nitrogens with zero attached hydrogens (tertiary/aromatic N) is 2. The Morgan fingerprint density at radius 3 is 3.00 bits per heavy atom. The number of hydrogen-bond donors (Lipinski definition) is 1. The summed E-state index contributed by atoms with van der Waals surface area (Å²) < 4.78 is 5.27. The van der Waals surface area contributed by atoms with Crippen LogP contribution in [0.4, 0.5) is 0 Å². The van der Waals surface area contributed by atoms with Crippen LogP contribution >= 0.6 is 0 Å². The molecule has 5 heteroatoms. The van der Waals surface area contributed by atoms with Crippen LogP contribution in [-0.4, -0.2) is 34.0 Å². The van der Waals surface area contributed by atoms with Gasteiger partial charge in [0.05, 0.1) is 18.4 Å². The second-order valence-electron chi connectivity index (χ2n) is 4.32. The average Bonchev–Trinajstić information content (AvgIpc) is 3.03. The maximum absolute atomic E-state index is 12.5. The van der Waals surface area contributed by atoms with Crippen LogP contribution in [0.3, 0.4) is 0 Å². The highest BCUT2D eigenvalue weighted by Gasteiger charge is 2.16. The fraction of sp³-hybridized carbons (Fsp3) is 0.250. The molecule has 0 bridgehead atoms. The molecule has 1 N–H and O–H groups in total. The van der Waals surface area contributed by atoms with Crippen LogP contribution in [-0.2, 0) is 6.54 Å². The highest BCUT2D eigenvalue weighted by molar-refractivity contribution is 5.94. The van der Waals surface area contributed by atoms with E-state index >= 15 is 0 Å². The molecule has 0 spiro atoms. The number of aromatic nitrogens is 1. The molecule has 0 saturated carbocycles. The maximum Gasteiger partial charge on any atom is 0.255 e. The SMILES string of the molecule is CCN(Cc1ccco1)C(=O)c1cncc(C#CCO)c1. The Morgan fingerprint density at radius 2 is 2.33 bits per heavy atom. The number of aliphatic hydroxyl groups is 1. The molecule has 108 valence electrons. The fourth-order valence-electron chi connectivity index (χ4n) is 1.87. The summed E-state index contributed by atoms with van der Waals surface area (Å²) >= 11 is 0. The summed E-state index contributed by atoms with van der Waals surface area (Å²) in [6.07, 6.45) is 4.65. The predicted octanol–water partition coefficient (Wildman–Crippen LogP) is 1.68. The zero-order valence-electron chi connectivity index (χ0n) is 11.7. The minimum Gasteiger partial charge on any atom is -0.467 e. The number of carbonyl (C=O) groups is 1. The van der Waals surface area contributed by atoms with E-state index in [1.165, 1.54) is 6.20 Å². The van der Waals surface area contributed by atoms with Gasteiger partial charge in [-0.15, -0.1) is 0 Å².